The van der Waals surface area contributed by atoms with Crippen molar-refractivity contribution in [2.75, 3.05) is 11.9 Å². The minimum Gasteiger partial charge on any atom is -0.463 e. The molecular formula is C15H19NO3. The highest BCUT2D eigenvalue weighted by Gasteiger charge is 2.01. The van der Waals surface area contributed by atoms with Crippen LogP contribution in [0.3, 0.4) is 0 Å². The summed E-state index contributed by atoms with van der Waals surface area (Å²) in [6, 6.07) is 5.64. The summed E-state index contributed by atoms with van der Waals surface area (Å²) in [7, 11) is 0. The van der Waals surface area contributed by atoms with Gasteiger partial charge in [-0.1, -0.05) is 13.0 Å². The van der Waals surface area contributed by atoms with Crippen molar-refractivity contribution >= 4 is 17.6 Å². The van der Waals surface area contributed by atoms with Gasteiger partial charge < -0.3 is 10.1 Å². The molecule has 1 aromatic rings. The number of anilines is 1. The van der Waals surface area contributed by atoms with Crippen molar-refractivity contribution in [2.24, 2.45) is 0 Å². The minimum absolute atomic E-state index is 0.350. The van der Waals surface area contributed by atoms with E-state index in [1.165, 1.54) is 6.08 Å². The number of hydrogen-bond donors (Lipinski definition) is 1. The zero-order chi connectivity index (χ0) is 14.3. The molecule has 1 rings (SSSR count). The van der Waals surface area contributed by atoms with Crippen LogP contribution in [0.25, 0.3) is 0 Å². The van der Waals surface area contributed by atoms with Crippen LogP contribution in [0.15, 0.2) is 30.4 Å². The number of hydrogen-bond acceptors (Lipinski definition) is 3. The van der Waals surface area contributed by atoms with Crippen molar-refractivity contribution in [1.29, 1.82) is 0 Å². The molecule has 0 bridgehead atoms. The Morgan fingerprint density at radius 2 is 1.95 bits per heavy atom. The van der Waals surface area contributed by atoms with Crippen LogP contribution in [-0.2, 0) is 14.3 Å². The summed E-state index contributed by atoms with van der Waals surface area (Å²) < 4.78 is 4.82. The van der Waals surface area contributed by atoms with Gasteiger partial charge in [-0.05, 0) is 43.5 Å². The summed E-state index contributed by atoms with van der Waals surface area (Å²) in [5.74, 6) is -0.853. The molecule has 0 saturated carbocycles. The zero-order valence-electron chi connectivity index (χ0n) is 11.5. The second kappa shape index (κ2) is 7.36. The molecule has 0 aliphatic rings. The predicted molar refractivity (Wildman–Crippen MR) is 74.9 cm³/mol. The standard InChI is InChI=1S/C15H19NO3/c1-4-9-19-15(18)8-7-14(17)16-13-6-5-11(2)12(3)10-13/h5-8,10H,4,9H2,1-3H3,(H,16,17)/b8-7+. The minimum atomic E-state index is -0.503. The lowest BCUT2D eigenvalue weighted by atomic mass is 10.1. The van der Waals surface area contributed by atoms with E-state index in [9.17, 15) is 9.59 Å². The van der Waals surface area contributed by atoms with Gasteiger partial charge in [-0.15, -0.1) is 0 Å². The molecule has 1 aromatic carbocycles. The maximum absolute atomic E-state index is 11.6. The highest BCUT2D eigenvalue weighted by atomic mass is 16.5. The summed E-state index contributed by atoms with van der Waals surface area (Å²) in [5, 5.41) is 2.69. The van der Waals surface area contributed by atoms with E-state index in [2.05, 4.69) is 5.32 Å². The van der Waals surface area contributed by atoms with Crippen LogP contribution in [0, 0.1) is 13.8 Å². The molecule has 102 valence electrons. The first kappa shape index (κ1) is 15.0. The van der Waals surface area contributed by atoms with Gasteiger partial charge >= 0.3 is 5.97 Å². The Balaban J connectivity index is 2.53. The number of esters is 1. The van der Waals surface area contributed by atoms with E-state index in [4.69, 9.17) is 4.74 Å². The maximum atomic E-state index is 11.6. The van der Waals surface area contributed by atoms with E-state index in [1.54, 1.807) is 0 Å². The van der Waals surface area contributed by atoms with Gasteiger partial charge in [0.2, 0.25) is 5.91 Å². The van der Waals surface area contributed by atoms with E-state index in [0.717, 1.165) is 23.6 Å². The van der Waals surface area contributed by atoms with Gasteiger partial charge in [0.15, 0.2) is 0 Å². The van der Waals surface area contributed by atoms with Crippen LogP contribution in [0.2, 0.25) is 0 Å². The summed E-state index contributed by atoms with van der Waals surface area (Å²) in [5.41, 5.74) is 2.97. The van der Waals surface area contributed by atoms with E-state index in [0.29, 0.717) is 12.3 Å². The first-order chi connectivity index (χ1) is 9.02. The lowest BCUT2D eigenvalue weighted by Gasteiger charge is -2.05. The Morgan fingerprint density at radius 3 is 2.58 bits per heavy atom. The molecule has 0 aliphatic heterocycles. The Bertz CT molecular complexity index is 492. The average Bonchev–Trinajstić information content (AvgIpc) is 2.38. The first-order valence-corrected chi connectivity index (χ1v) is 6.26. The number of nitrogens with one attached hydrogen (secondary N) is 1. The molecule has 0 heterocycles. The molecule has 0 saturated heterocycles. The van der Waals surface area contributed by atoms with Crippen LogP contribution < -0.4 is 5.32 Å². The number of aryl methyl sites for hydroxylation is 2. The van der Waals surface area contributed by atoms with Crippen molar-refractivity contribution in [3.8, 4) is 0 Å². The lowest BCUT2D eigenvalue weighted by molar-refractivity contribution is -0.137. The molecule has 0 aliphatic carbocycles. The van der Waals surface area contributed by atoms with Crippen LogP contribution in [0.1, 0.15) is 24.5 Å². The van der Waals surface area contributed by atoms with Crippen molar-refractivity contribution in [1.82, 2.24) is 0 Å². The fraction of sp³-hybridized carbons (Fsp3) is 0.333. The fourth-order valence-electron chi connectivity index (χ4n) is 1.40. The highest BCUT2D eigenvalue weighted by Crippen LogP contribution is 2.13. The number of rotatable bonds is 5. The van der Waals surface area contributed by atoms with E-state index >= 15 is 0 Å². The Labute approximate surface area is 113 Å². The highest BCUT2D eigenvalue weighted by molar-refractivity contribution is 6.02. The maximum Gasteiger partial charge on any atom is 0.330 e. The van der Waals surface area contributed by atoms with E-state index in [1.807, 2.05) is 39.0 Å². The third kappa shape index (κ3) is 5.38. The number of carbonyl (C=O) groups is 2. The SMILES string of the molecule is CCCOC(=O)/C=C/C(=O)Nc1ccc(C)c(C)c1. The number of amides is 1. The topological polar surface area (TPSA) is 55.4 Å². The van der Waals surface area contributed by atoms with Crippen molar-refractivity contribution in [2.45, 2.75) is 27.2 Å². The van der Waals surface area contributed by atoms with Crippen molar-refractivity contribution in [3.05, 3.63) is 41.5 Å². The van der Waals surface area contributed by atoms with Gasteiger partial charge in [0.1, 0.15) is 0 Å². The van der Waals surface area contributed by atoms with E-state index in [-0.39, 0.29) is 5.91 Å². The molecule has 0 radical (unpaired) electrons. The largest absolute Gasteiger partial charge is 0.463 e. The molecule has 0 fully saturated rings. The number of carbonyl (C=O) groups excluding carboxylic acids is 2. The molecule has 0 unspecified atom stereocenters. The second-order valence-corrected chi connectivity index (χ2v) is 4.29. The predicted octanol–water partition coefficient (Wildman–Crippen LogP) is 2.75. The van der Waals surface area contributed by atoms with Crippen molar-refractivity contribution in [3.63, 3.8) is 0 Å². The van der Waals surface area contributed by atoms with Crippen LogP contribution in [0.4, 0.5) is 5.69 Å². The summed E-state index contributed by atoms with van der Waals surface area (Å²) in [6.45, 7) is 6.25. The van der Waals surface area contributed by atoms with Gasteiger partial charge in [-0.25, -0.2) is 4.79 Å². The van der Waals surface area contributed by atoms with Gasteiger partial charge in [-0.2, -0.15) is 0 Å². The smallest absolute Gasteiger partial charge is 0.330 e. The zero-order valence-corrected chi connectivity index (χ0v) is 11.5. The summed E-state index contributed by atoms with van der Waals surface area (Å²) in [6.07, 6.45) is 3.06. The monoisotopic (exact) mass is 261 g/mol. The Morgan fingerprint density at radius 1 is 1.21 bits per heavy atom. The van der Waals surface area contributed by atoms with Crippen LogP contribution >= 0.6 is 0 Å². The third-order valence-corrected chi connectivity index (χ3v) is 2.59. The number of ether oxygens (including phenoxy) is 1. The molecule has 19 heavy (non-hydrogen) atoms. The van der Waals surface area contributed by atoms with Crippen molar-refractivity contribution < 1.29 is 14.3 Å². The van der Waals surface area contributed by atoms with Gasteiger partial charge in [0.05, 0.1) is 6.61 Å². The molecule has 1 amide bonds. The van der Waals surface area contributed by atoms with Gasteiger partial charge in [0, 0.05) is 17.8 Å². The third-order valence-electron chi connectivity index (χ3n) is 2.59. The average molecular weight is 261 g/mol. The molecule has 4 nitrogen and oxygen atoms in total. The molecule has 0 spiro atoms. The summed E-state index contributed by atoms with van der Waals surface area (Å²) in [4.78, 5) is 22.7. The van der Waals surface area contributed by atoms with Gasteiger partial charge in [-0.3, -0.25) is 4.79 Å². The summed E-state index contributed by atoms with van der Waals surface area (Å²) >= 11 is 0. The fourth-order valence-corrected chi connectivity index (χ4v) is 1.40. The van der Waals surface area contributed by atoms with E-state index < -0.39 is 5.97 Å². The molecule has 0 aromatic heterocycles. The Kier molecular flexibility index (Phi) is 5.79. The normalized spacial score (nSPS) is 10.5. The molecule has 0 atom stereocenters. The number of benzene rings is 1. The molecule has 1 N–H and O–H groups in total. The molecule has 4 heteroatoms. The Hall–Kier alpha value is -2.10. The van der Waals surface area contributed by atoms with Crippen LogP contribution in [-0.4, -0.2) is 18.5 Å². The second-order valence-electron chi connectivity index (χ2n) is 4.29. The van der Waals surface area contributed by atoms with Crippen LogP contribution in [0.5, 0.6) is 0 Å². The first-order valence-electron chi connectivity index (χ1n) is 6.26. The van der Waals surface area contributed by atoms with Gasteiger partial charge in [0.25, 0.3) is 0 Å². The molecular weight excluding hydrogens is 242 g/mol. The lowest BCUT2D eigenvalue weighted by Crippen LogP contribution is -2.10. The quantitative estimate of drug-likeness (QED) is 0.655.